The van der Waals surface area contributed by atoms with Gasteiger partial charge >= 0.3 is 11.9 Å². The second-order valence-electron chi connectivity index (χ2n) is 4.71. The molecule has 0 spiro atoms. The van der Waals surface area contributed by atoms with Crippen molar-refractivity contribution < 1.29 is 19.4 Å². The van der Waals surface area contributed by atoms with E-state index in [1.54, 1.807) is 10.8 Å². The number of rotatable bonds is 5. The maximum Gasteiger partial charge on any atom is 0.355 e. The quantitative estimate of drug-likeness (QED) is 0.773. The number of carboxylic acids is 1. The van der Waals surface area contributed by atoms with Gasteiger partial charge in [0.1, 0.15) is 12.3 Å². The fourth-order valence-electron chi connectivity index (χ4n) is 1.35. The van der Waals surface area contributed by atoms with Crippen LogP contribution in [-0.4, -0.2) is 28.2 Å². The predicted molar refractivity (Wildman–Crippen MR) is 66.2 cm³/mol. The van der Waals surface area contributed by atoms with Crippen molar-refractivity contribution in [2.75, 3.05) is 12.3 Å². The molecule has 0 fully saturated rings. The van der Waals surface area contributed by atoms with E-state index in [0.29, 0.717) is 17.9 Å². The largest absolute Gasteiger partial charge is 0.481 e. The third-order valence-corrected chi connectivity index (χ3v) is 2.61. The van der Waals surface area contributed by atoms with E-state index in [9.17, 15) is 9.59 Å². The minimum absolute atomic E-state index is 0.185. The highest BCUT2D eigenvalue weighted by Gasteiger charge is 2.29. The molecule has 0 saturated carbocycles. The van der Waals surface area contributed by atoms with E-state index in [1.807, 2.05) is 6.92 Å². The lowest BCUT2D eigenvalue weighted by atomic mass is 9.95. The average Bonchev–Trinajstić information content (AvgIpc) is 2.67. The first-order chi connectivity index (χ1) is 8.27. The van der Waals surface area contributed by atoms with E-state index >= 15 is 0 Å². The normalized spacial score (nSPS) is 11.3. The van der Waals surface area contributed by atoms with Crippen molar-refractivity contribution in [2.45, 2.75) is 27.3 Å². The van der Waals surface area contributed by atoms with Crippen LogP contribution in [0.3, 0.4) is 0 Å². The first-order valence-electron chi connectivity index (χ1n) is 5.64. The van der Waals surface area contributed by atoms with Crippen LogP contribution in [0.5, 0.6) is 0 Å². The molecule has 0 saturated heterocycles. The van der Waals surface area contributed by atoms with Crippen LogP contribution in [-0.2, 0) is 16.1 Å². The maximum atomic E-state index is 11.8. The van der Waals surface area contributed by atoms with E-state index < -0.39 is 17.4 Å². The Balaban J connectivity index is 2.74. The lowest BCUT2D eigenvalue weighted by molar-refractivity contribution is -0.149. The first kappa shape index (κ1) is 14.1. The molecule has 1 heterocycles. The van der Waals surface area contributed by atoms with E-state index in [2.05, 4.69) is 0 Å². The van der Waals surface area contributed by atoms with E-state index in [-0.39, 0.29) is 6.61 Å². The van der Waals surface area contributed by atoms with Crippen LogP contribution in [0.4, 0.5) is 5.69 Å². The number of ether oxygens (including phenoxy) is 1. The second kappa shape index (κ2) is 5.12. The van der Waals surface area contributed by atoms with Gasteiger partial charge in [0, 0.05) is 12.7 Å². The lowest BCUT2D eigenvalue weighted by Gasteiger charge is -2.18. The number of carboxylic acid groups (broad SMARTS) is 1. The van der Waals surface area contributed by atoms with Gasteiger partial charge in [0.15, 0.2) is 0 Å². The first-order valence-corrected chi connectivity index (χ1v) is 5.64. The van der Waals surface area contributed by atoms with Crippen molar-refractivity contribution in [3.8, 4) is 0 Å². The zero-order chi connectivity index (χ0) is 13.9. The molecule has 100 valence electrons. The third kappa shape index (κ3) is 3.03. The Morgan fingerprint density at radius 1 is 1.50 bits per heavy atom. The molecule has 0 aliphatic carbocycles. The minimum atomic E-state index is -1.11. The van der Waals surface area contributed by atoms with E-state index in [4.69, 9.17) is 15.6 Å². The van der Waals surface area contributed by atoms with Crippen LogP contribution in [0.1, 0.15) is 31.3 Å². The van der Waals surface area contributed by atoms with Crippen molar-refractivity contribution in [1.29, 1.82) is 0 Å². The SMILES string of the molecule is CCn1cc(N)cc1C(=O)OCC(C)(C)C(=O)O. The summed E-state index contributed by atoms with van der Waals surface area (Å²) in [6.45, 7) is 5.27. The minimum Gasteiger partial charge on any atom is -0.481 e. The van der Waals surface area contributed by atoms with Crippen molar-refractivity contribution in [1.82, 2.24) is 4.57 Å². The molecule has 0 bridgehead atoms. The van der Waals surface area contributed by atoms with Gasteiger partial charge in [0.25, 0.3) is 0 Å². The molecule has 0 unspecified atom stereocenters. The second-order valence-corrected chi connectivity index (χ2v) is 4.71. The summed E-state index contributed by atoms with van der Waals surface area (Å²) < 4.78 is 6.67. The van der Waals surface area contributed by atoms with Gasteiger partial charge in [-0.3, -0.25) is 4.79 Å². The van der Waals surface area contributed by atoms with Crippen molar-refractivity contribution in [3.63, 3.8) is 0 Å². The summed E-state index contributed by atoms with van der Waals surface area (Å²) in [6.07, 6.45) is 1.64. The van der Waals surface area contributed by atoms with Gasteiger partial charge in [0.2, 0.25) is 0 Å². The maximum absolute atomic E-state index is 11.8. The molecule has 18 heavy (non-hydrogen) atoms. The zero-order valence-corrected chi connectivity index (χ0v) is 10.8. The van der Waals surface area contributed by atoms with Crippen LogP contribution < -0.4 is 5.73 Å². The Kier molecular flexibility index (Phi) is 4.00. The van der Waals surface area contributed by atoms with Gasteiger partial charge in [0.05, 0.1) is 11.1 Å². The molecule has 1 aromatic heterocycles. The van der Waals surface area contributed by atoms with Crippen molar-refractivity contribution >= 4 is 17.6 Å². The summed E-state index contributed by atoms with van der Waals surface area (Å²) in [7, 11) is 0. The summed E-state index contributed by atoms with van der Waals surface area (Å²) in [5.41, 5.74) is 5.30. The third-order valence-electron chi connectivity index (χ3n) is 2.61. The molecule has 0 aromatic carbocycles. The summed E-state index contributed by atoms with van der Waals surface area (Å²) >= 11 is 0. The van der Waals surface area contributed by atoms with E-state index in [1.165, 1.54) is 19.9 Å². The number of hydrogen-bond acceptors (Lipinski definition) is 4. The van der Waals surface area contributed by atoms with Crippen LogP contribution in [0.15, 0.2) is 12.3 Å². The molecule has 0 atom stereocenters. The molecule has 0 aliphatic heterocycles. The van der Waals surface area contributed by atoms with Crippen molar-refractivity contribution in [3.05, 3.63) is 18.0 Å². The number of aryl methyl sites for hydroxylation is 1. The molecule has 3 N–H and O–H groups in total. The van der Waals surface area contributed by atoms with Gasteiger partial charge in [-0.1, -0.05) is 0 Å². The molecule has 6 nitrogen and oxygen atoms in total. The predicted octanol–water partition coefficient (Wildman–Crippen LogP) is 1.36. The Bertz CT molecular complexity index is 463. The van der Waals surface area contributed by atoms with Crippen LogP contribution in [0.25, 0.3) is 0 Å². The number of esters is 1. The number of carbonyl (C=O) groups is 2. The molecular formula is C12H18N2O4. The van der Waals surface area contributed by atoms with Crippen LogP contribution >= 0.6 is 0 Å². The van der Waals surface area contributed by atoms with Gasteiger partial charge in [-0.15, -0.1) is 0 Å². The Hall–Kier alpha value is -1.98. The number of nitrogens with zero attached hydrogens (tertiary/aromatic N) is 1. The fraction of sp³-hybridized carbons (Fsp3) is 0.500. The highest BCUT2D eigenvalue weighted by atomic mass is 16.5. The highest BCUT2D eigenvalue weighted by molar-refractivity contribution is 5.89. The fourth-order valence-corrected chi connectivity index (χ4v) is 1.35. The van der Waals surface area contributed by atoms with Gasteiger partial charge < -0.3 is 20.1 Å². The highest BCUT2D eigenvalue weighted by Crippen LogP contribution is 2.18. The lowest BCUT2D eigenvalue weighted by Crippen LogP contribution is -2.30. The van der Waals surface area contributed by atoms with Gasteiger partial charge in [-0.2, -0.15) is 0 Å². The molecular weight excluding hydrogens is 236 g/mol. The van der Waals surface area contributed by atoms with Crippen LogP contribution in [0, 0.1) is 5.41 Å². The van der Waals surface area contributed by atoms with Gasteiger partial charge in [-0.25, -0.2) is 4.79 Å². The molecule has 0 amide bonds. The molecule has 0 aliphatic rings. The summed E-state index contributed by atoms with van der Waals surface area (Å²) in [6, 6.07) is 1.51. The molecule has 0 radical (unpaired) electrons. The van der Waals surface area contributed by atoms with Gasteiger partial charge in [-0.05, 0) is 26.8 Å². The molecule has 1 aromatic rings. The monoisotopic (exact) mass is 254 g/mol. The standard InChI is InChI=1S/C12H18N2O4/c1-4-14-6-8(13)5-9(14)10(15)18-7-12(2,3)11(16)17/h5-6H,4,7,13H2,1-3H3,(H,16,17). The van der Waals surface area contributed by atoms with Crippen molar-refractivity contribution in [2.24, 2.45) is 5.41 Å². The number of aromatic nitrogens is 1. The topological polar surface area (TPSA) is 94.5 Å². The number of aliphatic carboxylic acids is 1. The number of nitrogen functional groups attached to an aromatic ring is 1. The summed E-state index contributed by atoms with van der Waals surface area (Å²) in [4.78, 5) is 22.7. The Morgan fingerprint density at radius 3 is 2.61 bits per heavy atom. The molecule has 6 heteroatoms. The summed E-state index contributed by atoms with van der Waals surface area (Å²) in [5.74, 6) is -1.58. The average molecular weight is 254 g/mol. The molecule has 1 rings (SSSR count). The number of anilines is 1. The Labute approximate surface area is 105 Å². The zero-order valence-electron chi connectivity index (χ0n) is 10.8. The Morgan fingerprint density at radius 2 is 2.11 bits per heavy atom. The summed E-state index contributed by atoms with van der Waals surface area (Å²) in [5, 5.41) is 8.91. The van der Waals surface area contributed by atoms with E-state index in [0.717, 1.165) is 0 Å². The number of carbonyl (C=O) groups excluding carboxylic acids is 1. The number of hydrogen-bond donors (Lipinski definition) is 2. The van der Waals surface area contributed by atoms with Crippen LogP contribution in [0.2, 0.25) is 0 Å². The number of nitrogens with two attached hydrogens (primary N) is 1. The smallest absolute Gasteiger partial charge is 0.355 e.